The Balaban J connectivity index is 2.75. The van der Waals surface area contributed by atoms with Gasteiger partial charge in [0.15, 0.2) is 5.83 Å². The third-order valence-electron chi connectivity index (χ3n) is 2.22. The molecule has 0 aliphatic rings. The number of hydrogen-bond acceptors (Lipinski definition) is 6. The van der Waals surface area contributed by atoms with E-state index < -0.39 is 39.9 Å². The molecule has 118 valence electrons. The van der Waals surface area contributed by atoms with Gasteiger partial charge < -0.3 is 4.74 Å². The second-order valence-corrected chi connectivity index (χ2v) is 6.96. The maximum Gasteiger partial charge on any atom is 0.311 e. The smallest absolute Gasteiger partial charge is 0.311 e. The van der Waals surface area contributed by atoms with Crippen LogP contribution < -0.4 is 0 Å². The Morgan fingerprint density at radius 2 is 2.05 bits per heavy atom. The molecule has 10 heteroatoms. The van der Waals surface area contributed by atoms with Gasteiger partial charge in [-0.1, -0.05) is 0 Å². The Bertz CT molecular complexity index is 636. The lowest BCUT2D eigenvalue weighted by Gasteiger charge is -1.99. The minimum absolute atomic E-state index is 0.187. The Morgan fingerprint density at radius 3 is 2.62 bits per heavy atom. The number of carbonyl (C=O) groups is 1. The zero-order valence-electron chi connectivity index (χ0n) is 10.9. The van der Waals surface area contributed by atoms with Crippen molar-refractivity contribution in [2.45, 2.75) is 24.1 Å². The van der Waals surface area contributed by atoms with Crippen molar-refractivity contribution in [2.24, 2.45) is 0 Å². The molecule has 0 unspecified atom stereocenters. The minimum atomic E-state index is -3.97. The molecule has 1 aromatic rings. The third kappa shape index (κ3) is 5.46. The summed E-state index contributed by atoms with van der Waals surface area (Å²) < 4.78 is 64.3. The first-order valence-corrected chi connectivity index (χ1v) is 8.32. The van der Waals surface area contributed by atoms with Gasteiger partial charge in [0.25, 0.3) is 0 Å². The highest BCUT2D eigenvalue weighted by atomic mass is 32.2. The summed E-state index contributed by atoms with van der Waals surface area (Å²) in [7, 11) is -3.97. The largest absolute Gasteiger partial charge is 0.466 e. The van der Waals surface area contributed by atoms with Crippen LogP contribution in [-0.4, -0.2) is 31.7 Å². The van der Waals surface area contributed by atoms with E-state index >= 15 is 0 Å². The number of carbonyl (C=O) groups excluding carboxylic acids is 1. The highest BCUT2D eigenvalue weighted by Gasteiger charge is 2.21. The Kier molecular flexibility index (Phi) is 6.34. The molecule has 0 radical (unpaired) electrons. The zero-order valence-corrected chi connectivity index (χ0v) is 12.6. The van der Waals surface area contributed by atoms with E-state index in [9.17, 15) is 26.4 Å². The van der Waals surface area contributed by atoms with Gasteiger partial charge in [-0.2, -0.15) is 8.78 Å². The zero-order chi connectivity index (χ0) is 16.0. The van der Waals surface area contributed by atoms with Gasteiger partial charge in [-0.3, -0.25) is 4.79 Å². The maximum atomic E-state index is 12.6. The van der Waals surface area contributed by atoms with Crippen LogP contribution in [0, 0.1) is 0 Å². The highest BCUT2D eigenvalue weighted by Crippen LogP contribution is 2.21. The summed E-state index contributed by atoms with van der Waals surface area (Å²) in [5.41, 5.74) is 0.199. The first-order valence-electron chi connectivity index (χ1n) is 5.78. The molecule has 5 nitrogen and oxygen atoms in total. The molecule has 0 aliphatic carbocycles. The van der Waals surface area contributed by atoms with Crippen LogP contribution in [0.4, 0.5) is 13.2 Å². The van der Waals surface area contributed by atoms with Crippen molar-refractivity contribution in [1.29, 1.82) is 0 Å². The maximum absolute atomic E-state index is 12.6. The molecular formula is C11H12F3NO4S2. The van der Waals surface area contributed by atoms with E-state index in [1.807, 2.05) is 0 Å². The van der Waals surface area contributed by atoms with Crippen LogP contribution in [0.3, 0.4) is 0 Å². The van der Waals surface area contributed by atoms with Gasteiger partial charge in [-0.05, 0) is 6.92 Å². The molecule has 0 aromatic carbocycles. The van der Waals surface area contributed by atoms with Gasteiger partial charge in [0.1, 0.15) is 0 Å². The number of thiazole rings is 1. The van der Waals surface area contributed by atoms with Crippen molar-refractivity contribution in [2.75, 3.05) is 12.4 Å². The van der Waals surface area contributed by atoms with E-state index in [1.165, 1.54) is 5.38 Å². The average Bonchev–Trinajstić information content (AvgIpc) is 2.85. The lowest BCUT2D eigenvalue weighted by atomic mass is 10.3. The summed E-state index contributed by atoms with van der Waals surface area (Å²) >= 11 is 0.744. The minimum Gasteiger partial charge on any atom is -0.466 e. The van der Waals surface area contributed by atoms with Gasteiger partial charge in [0.2, 0.25) is 14.2 Å². The first kappa shape index (κ1) is 17.6. The van der Waals surface area contributed by atoms with E-state index in [0.29, 0.717) is 0 Å². The topological polar surface area (TPSA) is 73.3 Å². The van der Waals surface area contributed by atoms with Crippen LogP contribution in [0.15, 0.2) is 21.6 Å². The molecule has 0 amide bonds. The fourth-order valence-corrected chi connectivity index (χ4v) is 3.68. The van der Waals surface area contributed by atoms with Crippen LogP contribution in [0.2, 0.25) is 0 Å². The molecular weight excluding hydrogens is 331 g/mol. The Morgan fingerprint density at radius 1 is 1.38 bits per heavy atom. The van der Waals surface area contributed by atoms with Crippen molar-refractivity contribution >= 4 is 27.1 Å². The van der Waals surface area contributed by atoms with Gasteiger partial charge >= 0.3 is 12.0 Å². The summed E-state index contributed by atoms with van der Waals surface area (Å²) in [5, 5.41) is 1.35. The van der Waals surface area contributed by atoms with Gasteiger partial charge in [0.05, 0.1) is 24.5 Å². The second-order valence-electron chi connectivity index (χ2n) is 3.82. The van der Waals surface area contributed by atoms with E-state index in [4.69, 9.17) is 0 Å². The number of sulfone groups is 1. The summed E-state index contributed by atoms with van der Waals surface area (Å²) in [6, 6.07) is 0. The standard InChI is InChI=1S/C11H12F3NO4S2/c1-2-19-9(16)5-7-6-20-11(15-7)21(17,18)4-3-8(12)10(13)14/h6H,2-5H2,1H3. The van der Waals surface area contributed by atoms with Crippen LogP contribution >= 0.6 is 11.3 Å². The molecule has 0 spiro atoms. The molecule has 0 bridgehead atoms. The van der Waals surface area contributed by atoms with Crippen LogP contribution in [0.1, 0.15) is 19.0 Å². The molecule has 0 aliphatic heterocycles. The van der Waals surface area contributed by atoms with Gasteiger partial charge in [-0.25, -0.2) is 17.8 Å². The quantitative estimate of drug-likeness (QED) is 0.711. The number of allylic oxidation sites excluding steroid dienone is 1. The van der Waals surface area contributed by atoms with Gasteiger partial charge in [0, 0.05) is 11.8 Å². The monoisotopic (exact) mass is 343 g/mol. The van der Waals surface area contributed by atoms with Crippen molar-refractivity contribution in [3.8, 4) is 0 Å². The van der Waals surface area contributed by atoms with E-state index in [1.54, 1.807) is 6.92 Å². The average molecular weight is 343 g/mol. The number of aromatic nitrogens is 1. The first-order chi connectivity index (χ1) is 9.76. The molecule has 1 heterocycles. The fraction of sp³-hybridized carbons (Fsp3) is 0.455. The number of hydrogen-bond donors (Lipinski definition) is 0. The lowest BCUT2D eigenvalue weighted by Crippen LogP contribution is -2.09. The SMILES string of the molecule is CCOC(=O)Cc1csc(S(=O)(=O)CCC(F)=C(F)F)n1. The van der Waals surface area contributed by atoms with E-state index in [2.05, 4.69) is 9.72 Å². The van der Waals surface area contributed by atoms with E-state index in [-0.39, 0.29) is 23.1 Å². The lowest BCUT2D eigenvalue weighted by molar-refractivity contribution is -0.142. The Hall–Kier alpha value is -1.42. The predicted octanol–water partition coefficient (Wildman–Crippen LogP) is 2.49. The van der Waals surface area contributed by atoms with Crippen LogP contribution in [0.25, 0.3) is 0 Å². The van der Waals surface area contributed by atoms with Crippen LogP contribution in [-0.2, 0) is 25.8 Å². The van der Waals surface area contributed by atoms with Crippen molar-refractivity contribution < 1.29 is 31.1 Å². The molecule has 0 saturated carbocycles. The van der Waals surface area contributed by atoms with Crippen molar-refractivity contribution in [1.82, 2.24) is 4.98 Å². The normalized spacial score (nSPS) is 11.2. The molecule has 0 saturated heterocycles. The number of esters is 1. The van der Waals surface area contributed by atoms with Crippen molar-refractivity contribution in [3.05, 3.63) is 23.0 Å². The molecule has 0 atom stereocenters. The number of halogens is 3. The molecule has 1 rings (SSSR count). The van der Waals surface area contributed by atoms with Gasteiger partial charge in [-0.15, -0.1) is 11.3 Å². The summed E-state index contributed by atoms with van der Waals surface area (Å²) in [5.74, 6) is -3.13. The number of nitrogens with zero attached hydrogens (tertiary/aromatic N) is 1. The summed E-state index contributed by atoms with van der Waals surface area (Å²) in [4.78, 5) is 14.9. The summed E-state index contributed by atoms with van der Waals surface area (Å²) in [6.07, 6.45) is -3.64. The number of rotatable bonds is 7. The van der Waals surface area contributed by atoms with Crippen LogP contribution in [0.5, 0.6) is 0 Å². The third-order valence-corrected chi connectivity index (χ3v) is 5.32. The van der Waals surface area contributed by atoms with Crippen molar-refractivity contribution in [3.63, 3.8) is 0 Å². The molecule has 21 heavy (non-hydrogen) atoms. The predicted molar refractivity (Wildman–Crippen MR) is 69.5 cm³/mol. The number of ether oxygens (including phenoxy) is 1. The molecule has 1 aromatic heterocycles. The second kappa shape index (κ2) is 7.55. The molecule has 0 fully saturated rings. The highest BCUT2D eigenvalue weighted by molar-refractivity contribution is 7.93. The Labute approximate surface area is 123 Å². The fourth-order valence-electron chi connectivity index (χ4n) is 1.28. The summed E-state index contributed by atoms with van der Waals surface area (Å²) in [6.45, 7) is 1.81. The molecule has 0 N–H and O–H groups in total. The van der Waals surface area contributed by atoms with E-state index in [0.717, 1.165) is 11.3 Å².